The molecule has 3 aliphatic rings. The van der Waals surface area contributed by atoms with Crippen molar-refractivity contribution in [2.75, 3.05) is 24.5 Å². The normalized spacial score (nSPS) is 24.5. The van der Waals surface area contributed by atoms with Crippen LogP contribution in [0.25, 0.3) is 0 Å². The summed E-state index contributed by atoms with van der Waals surface area (Å²) in [4.78, 5) is 2.71. The first-order valence-electron chi connectivity index (χ1n) is 12.5. The number of allylic oxidation sites excluding steroid dienone is 4. The van der Waals surface area contributed by atoms with Gasteiger partial charge in [-0.2, -0.15) is 17.5 Å². The Balaban J connectivity index is 1.59. The molecule has 5 nitrogen and oxygen atoms in total. The number of hydrogen-bond acceptors (Lipinski definition) is 5. The number of anilines is 1. The van der Waals surface area contributed by atoms with Crippen molar-refractivity contribution in [3.63, 3.8) is 0 Å². The Morgan fingerprint density at radius 1 is 1.08 bits per heavy atom. The molecule has 0 radical (unpaired) electrons. The summed E-state index contributed by atoms with van der Waals surface area (Å²) in [6, 6.07) is 5.69. The summed E-state index contributed by atoms with van der Waals surface area (Å²) in [7, 11) is -3.74. The third-order valence-electron chi connectivity index (χ3n) is 7.67. The van der Waals surface area contributed by atoms with E-state index in [0.717, 1.165) is 44.7 Å². The van der Waals surface area contributed by atoms with Crippen molar-refractivity contribution in [1.82, 2.24) is 4.31 Å². The van der Waals surface area contributed by atoms with Crippen LogP contribution in [-0.4, -0.2) is 54.5 Å². The zero-order valence-corrected chi connectivity index (χ0v) is 22.0. The van der Waals surface area contributed by atoms with Crippen LogP contribution in [0.3, 0.4) is 0 Å². The van der Waals surface area contributed by atoms with Crippen molar-refractivity contribution in [2.45, 2.75) is 69.7 Å². The largest absolute Gasteiger partial charge is 0.421 e. The zero-order chi connectivity index (χ0) is 26.1. The molecule has 0 bridgehead atoms. The average molecular weight is 543 g/mol. The van der Waals surface area contributed by atoms with Gasteiger partial charge in [0.05, 0.1) is 4.91 Å². The van der Waals surface area contributed by atoms with Gasteiger partial charge in [0.1, 0.15) is 0 Å². The van der Waals surface area contributed by atoms with E-state index >= 15 is 0 Å². The van der Waals surface area contributed by atoms with Crippen LogP contribution in [0.2, 0.25) is 0 Å². The molecule has 1 saturated carbocycles. The topological polar surface area (TPSA) is 60.9 Å². The first-order valence-corrected chi connectivity index (χ1v) is 14.3. The lowest BCUT2D eigenvalue weighted by atomic mass is 9.84. The summed E-state index contributed by atoms with van der Waals surface area (Å²) >= 11 is 5.34. The van der Waals surface area contributed by atoms with Crippen molar-refractivity contribution in [3.05, 3.63) is 53.0 Å². The Kier molecular flexibility index (Phi) is 8.00. The zero-order valence-electron chi connectivity index (χ0n) is 20.4. The van der Waals surface area contributed by atoms with Crippen molar-refractivity contribution >= 4 is 32.8 Å². The molecular formula is C26H33F3N2O3S2. The molecule has 0 aromatic heterocycles. The van der Waals surface area contributed by atoms with Crippen LogP contribution in [0, 0.1) is 5.92 Å². The Hall–Kier alpha value is -1.75. The van der Waals surface area contributed by atoms with Crippen LogP contribution in [-0.2, 0) is 15.6 Å². The quantitative estimate of drug-likeness (QED) is 0.484. The number of nitrogens with zero attached hydrogens (tertiary/aromatic N) is 2. The number of sulfonamides is 1. The summed E-state index contributed by atoms with van der Waals surface area (Å²) in [6.45, 7) is 1.72. The van der Waals surface area contributed by atoms with Crippen LogP contribution >= 0.6 is 12.2 Å². The van der Waals surface area contributed by atoms with E-state index in [2.05, 4.69) is 4.90 Å². The Bertz CT molecular complexity index is 1120. The van der Waals surface area contributed by atoms with Crippen LogP contribution in [0.5, 0.6) is 0 Å². The van der Waals surface area contributed by atoms with E-state index in [1.165, 1.54) is 22.9 Å². The van der Waals surface area contributed by atoms with E-state index in [-0.39, 0.29) is 23.1 Å². The molecule has 0 spiro atoms. The number of alkyl halides is 3. The maximum Gasteiger partial charge on any atom is 0.421 e. The van der Waals surface area contributed by atoms with Gasteiger partial charge in [-0.3, -0.25) is 0 Å². The highest BCUT2D eigenvalue weighted by atomic mass is 32.2. The lowest BCUT2D eigenvalue weighted by molar-refractivity contribution is -0.258. The van der Waals surface area contributed by atoms with Gasteiger partial charge in [-0.15, -0.1) is 0 Å². The van der Waals surface area contributed by atoms with Crippen molar-refractivity contribution < 1.29 is 26.7 Å². The highest BCUT2D eigenvalue weighted by Gasteiger charge is 2.51. The minimum atomic E-state index is -4.79. The summed E-state index contributed by atoms with van der Waals surface area (Å²) in [5.41, 5.74) is -2.44. The number of piperazine rings is 1. The summed E-state index contributed by atoms with van der Waals surface area (Å²) in [5, 5.41) is 10.0. The molecule has 1 aromatic rings. The smallest absolute Gasteiger partial charge is 0.376 e. The molecule has 2 unspecified atom stereocenters. The minimum Gasteiger partial charge on any atom is -0.376 e. The molecule has 2 fully saturated rings. The minimum absolute atomic E-state index is 0.112. The van der Waals surface area contributed by atoms with E-state index in [9.17, 15) is 26.7 Å². The van der Waals surface area contributed by atoms with Gasteiger partial charge in [0.15, 0.2) is 5.60 Å². The molecule has 2 aliphatic carbocycles. The predicted molar refractivity (Wildman–Crippen MR) is 139 cm³/mol. The van der Waals surface area contributed by atoms with Gasteiger partial charge in [0, 0.05) is 42.6 Å². The predicted octanol–water partition coefficient (Wildman–Crippen LogP) is 5.46. The number of rotatable bonds is 6. The maximum atomic E-state index is 13.5. The Morgan fingerprint density at radius 2 is 1.75 bits per heavy atom. The van der Waals surface area contributed by atoms with Crippen LogP contribution < -0.4 is 4.90 Å². The molecule has 1 aliphatic heterocycles. The second-order valence-corrected chi connectivity index (χ2v) is 12.6. The SMILES string of the molecule is CC(O)(c1ccc(N2CCN(S(=O)(=O)C3=CC=CCC3=S)CC2CC2CCCCC2)cc1)C(F)(F)F. The fourth-order valence-corrected chi connectivity index (χ4v) is 7.50. The van der Waals surface area contributed by atoms with Crippen molar-refractivity contribution in [2.24, 2.45) is 5.92 Å². The van der Waals surface area contributed by atoms with Gasteiger partial charge in [0.2, 0.25) is 10.0 Å². The van der Waals surface area contributed by atoms with E-state index in [1.807, 2.05) is 6.08 Å². The fourth-order valence-electron chi connectivity index (χ4n) is 5.43. The fraction of sp³-hybridized carbons (Fsp3) is 0.577. The maximum absolute atomic E-state index is 13.5. The first kappa shape index (κ1) is 27.3. The van der Waals surface area contributed by atoms with E-state index in [1.54, 1.807) is 24.3 Å². The molecule has 0 amide bonds. The highest BCUT2D eigenvalue weighted by molar-refractivity contribution is 7.96. The average Bonchev–Trinajstić information content (AvgIpc) is 2.84. The van der Waals surface area contributed by atoms with Crippen LogP contribution in [0.15, 0.2) is 47.4 Å². The van der Waals surface area contributed by atoms with Gasteiger partial charge in [-0.25, -0.2) is 8.42 Å². The first-order chi connectivity index (χ1) is 16.9. The molecule has 1 saturated heterocycles. The van der Waals surface area contributed by atoms with Gasteiger partial charge in [-0.1, -0.05) is 68.6 Å². The van der Waals surface area contributed by atoms with Crippen molar-refractivity contribution in [3.8, 4) is 0 Å². The number of benzene rings is 1. The van der Waals surface area contributed by atoms with Gasteiger partial charge < -0.3 is 10.0 Å². The van der Waals surface area contributed by atoms with E-state index in [4.69, 9.17) is 12.2 Å². The van der Waals surface area contributed by atoms with Crippen LogP contribution in [0.4, 0.5) is 18.9 Å². The molecular weight excluding hydrogens is 509 g/mol. The second kappa shape index (κ2) is 10.6. The molecule has 1 heterocycles. The Morgan fingerprint density at radius 3 is 2.36 bits per heavy atom. The second-order valence-electron chi connectivity index (χ2n) is 10.2. The molecule has 10 heteroatoms. The van der Waals surface area contributed by atoms with Crippen molar-refractivity contribution in [1.29, 1.82) is 0 Å². The third kappa shape index (κ3) is 5.56. The molecule has 2 atom stereocenters. The Labute approximate surface area is 216 Å². The van der Waals surface area contributed by atoms with E-state index in [0.29, 0.717) is 30.3 Å². The summed E-state index contributed by atoms with van der Waals surface area (Å²) in [6.07, 6.45) is 7.32. The van der Waals surface area contributed by atoms with Crippen LogP contribution in [0.1, 0.15) is 57.4 Å². The lowest BCUT2D eigenvalue weighted by Gasteiger charge is -2.44. The number of aliphatic hydroxyl groups is 1. The highest BCUT2D eigenvalue weighted by Crippen LogP contribution is 2.39. The van der Waals surface area contributed by atoms with Gasteiger partial charge in [0.25, 0.3) is 0 Å². The summed E-state index contributed by atoms with van der Waals surface area (Å²) < 4.78 is 68.3. The molecule has 36 heavy (non-hydrogen) atoms. The monoisotopic (exact) mass is 542 g/mol. The van der Waals surface area contributed by atoms with Gasteiger partial charge in [-0.05, 0) is 43.0 Å². The lowest BCUT2D eigenvalue weighted by Crippen LogP contribution is -2.56. The van der Waals surface area contributed by atoms with E-state index < -0.39 is 21.8 Å². The number of hydrogen-bond donors (Lipinski definition) is 1. The number of thiocarbonyl (C=S) groups is 1. The molecule has 198 valence electrons. The molecule has 4 rings (SSSR count). The third-order valence-corrected chi connectivity index (χ3v) is 10.1. The summed E-state index contributed by atoms with van der Waals surface area (Å²) in [5.74, 6) is 0.483. The number of halogens is 3. The standard InChI is InChI=1S/C26H33F3N2O3S2/c1-25(32,26(27,28)29)20-11-13-21(14-12-20)31-16-15-30(18-22(31)17-19-7-3-2-4-8-19)36(33,34)24-10-6-5-9-23(24)35/h5-6,10-14,19,22,32H,2-4,7-9,15-18H2,1H3. The molecule has 1 N–H and O–H groups in total. The molecule has 1 aromatic carbocycles. The van der Waals surface area contributed by atoms with Gasteiger partial charge >= 0.3 is 6.18 Å².